The van der Waals surface area contributed by atoms with Crippen LogP contribution in [0.25, 0.3) is 17.7 Å². The van der Waals surface area contributed by atoms with E-state index in [0.29, 0.717) is 28.6 Å². The quantitative estimate of drug-likeness (QED) is 0.143. The molecule has 0 aliphatic heterocycles. The molecule has 0 aromatic heterocycles. The van der Waals surface area contributed by atoms with Gasteiger partial charge in [-0.2, -0.15) is 5.26 Å². The van der Waals surface area contributed by atoms with E-state index >= 15 is 0 Å². The van der Waals surface area contributed by atoms with Gasteiger partial charge in [-0.3, -0.25) is 0 Å². The molecule has 0 atom stereocenters. The van der Waals surface area contributed by atoms with Gasteiger partial charge in [0.1, 0.15) is 11.5 Å². The second-order valence-corrected chi connectivity index (χ2v) is 7.52. The number of rotatable bonds is 7. The number of nitrogens with zero attached hydrogens (tertiary/aromatic N) is 1. The molecule has 0 N–H and O–H groups in total. The van der Waals surface area contributed by atoms with Gasteiger partial charge in [0.05, 0.1) is 18.8 Å². The van der Waals surface area contributed by atoms with Crippen LogP contribution in [0.5, 0.6) is 11.5 Å². The fourth-order valence-corrected chi connectivity index (χ4v) is 3.18. The Morgan fingerprint density at radius 1 is 0.969 bits per heavy atom. The van der Waals surface area contributed by atoms with E-state index in [2.05, 4.69) is 32.0 Å². The molecule has 160 valence electrons. The molecular weight excluding hydrogens is 398 g/mol. The van der Waals surface area contributed by atoms with Gasteiger partial charge in [0.15, 0.2) is 0 Å². The van der Waals surface area contributed by atoms with Crippen LogP contribution in [0.1, 0.15) is 42.0 Å². The van der Waals surface area contributed by atoms with Crippen LogP contribution >= 0.6 is 0 Å². The topological polar surface area (TPSA) is 59.3 Å². The number of hydrogen-bond acceptors (Lipinski definition) is 4. The molecule has 4 nitrogen and oxygen atoms in total. The van der Waals surface area contributed by atoms with Crippen molar-refractivity contribution in [2.75, 3.05) is 7.11 Å². The van der Waals surface area contributed by atoms with Crippen LogP contribution in [0.2, 0.25) is 0 Å². The zero-order chi connectivity index (χ0) is 22.9. The fourth-order valence-electron chi connectivity index (χ4n) is 3.18. The summed E-state index contributed by atoms with van der Waals surface area (Å²) < 4.78 is 10.8. The Labute approximate surface area is 189 Å². The van der Waals surface area contributed by atoms with E-state index in [4.69, 9.17) is 9.47 Å². The number of para-hydroxylation sites is 1. The molecule has 3 rings (SSSR count). The lowest BCUT2D eigenvalue weighted by molar-refractivity contribution is -0.128. The molecule has 0 bridgehead atoms. The lowest BCUT2D eigenvalue weighted by Gasteiger charge is -2.07. The van der Waals surface area contributed by atoms with Crippen molar-refractivity contribution in [3.8, 4) is 17.6 Å². The largest absolute Gasteiger partial charge is 0.496 e. The van der Waals surface area contributed by atoms with E-state index in [1.54, 1.807) is 43.5 Å². The molecular formula is C28H25NO3. The van der Waals surface area contributed by atoms with Gasteiger partial charge < -0.3 is 9.47 Å². The maximum absolute atomic E-state index is 12.3. The lowest BCUT2D eigenvalue weighted by Crippen LogP contribution is -2.03. The molecule has 0 heterocycles. The average molecular weight is 424 g/mol. The molecule has 3 aromatic rings. The first-order valence-electron chi connectivity index (χ1n) is 10.3. The predicted octanol–water partition coefficient (Wildman–Crippen LogP) is 6.50. The first-order chi connectivity index (χ1) is 15.5. The maximum atomic E-state index is 12.3. The number of nitriles is 1. The molecule has 0 spiro atoms. The third kappa shape index (κ3) is 5.96. The van der Waals surface area contributed by atoms with Gasteiger partial charge in [-0.25, -0.2) is 4.79 Å². The summed E-state index contributed by atoms with van der Waals surface area (Å²) in [5.74, 6) is 1.02. The van der Waals surface area contributed by atoms with Gasteiger partial charge in [0.25, 0.3) is 0 Å². The Morgan fingerprint density at radius 2 is 1.72 bits per heavy atom. The minimum absolute atomic E-state index is 0.404. The first-order valence-corrected chi connectivity index (χ1v) is 10.3. The lowest BCUT2D eigenvalue weighted by atomic mass is 10.0. The van der Waals surface area contributed by atoms with Gasteiger partial charge in [-0.15, -0.1) is 0 Å². The molecule has 0 fully saturated rings. The fraction of sp³-hybridized carbons (Fsp3) is 0.143. The molecule has 0 aliphatic rings. The first kappa shape index (κ1) is 22.6. The maximum Gasteiger partial charge on any atom is 0.336 e. The van der Waals surface area contributed by atoms with E-state index in [-0.39, 0.29) is 0 Å². The number of carbonyl (C=O) groups excluding carboxylic acids is 1. The van der Waals surface area contributed by atoms with Gasteiger partial charge in [0.2, 0.25) is 0 Å². The van der Waals surface area contributed by atoms with Crippen molar-refractivity contribution in [3.05, 3.63) is 101 Å². The normalized spacial score (nSPS) is 11.4. The van der Waals surface area contributed by atoms with Gasteiger partial charge in [-0.05, 0) is 59.0 Å². The van der Waals surface area contributed by atoms with E-state index in [1.807, 2.05) is 36.4 Å². The molecule has 0 unspecified atom stereocenters. The minimum atomic E-state index is -0.468. The monoisotopic (exact) mass is 423 g/mol. The summed E-state index contributed by atoms with van der Waals surface area (Å²) in [4.78, 5) is 12.3. The van der Waals surface area contributed by atoms with Crippen molar-refractivity contribution in [3.63, 3.8) is 0 Å². The number of allylic oxidation sites excluding steroid dienone is 1. The molecule has 3 aromatic carbocycles. The van der Waals surface area contributed by atoms with E-state index < -0.39 is 5.97 Å². The second kappa shape index (κ2) is 10.8. The third-order valence-electron chi connectivity index (χ3n) is 4.92. The highest BCUT2D eigenvalue weighted by Gasteiger charge is 2.08. The molecule has 0 radical (unpaired) electrons. The summed E-state index contributed by atoms with van der Waals surface area (Å²) in [6.07, 6.45) is 4.87. The standard InChI is InChI=1S/C28H25NO3/c1-20(2)23-14-11-21(12-15-23)13-16-28(30)32-25-8-6-7-22(18-25)17-24(19-29)26-9-4-5-10-27(26)31-3/h4-18,20H,1-3H3/b16-13+,24-17-. The third-order valence-corrected chi connectivity index (χ3v) is 4.92. The van der Waals surface area contributed by atoms with Crippen LogP contribution < -0.4 is 9.47 Å². The summed E-state index contributed by atoms with van der Waals surface area (Å²) in [5.41, 5.74) is 4.07. The molecule has 0 amide bonds. The number of ether oxygens (including phenoxy) is 2. The van der Waals surface area contributed by atoms with Gasteiger partial charge >= 0.3 is 5.97 Å². The predicted molar refractivity (Wildman–Crippen MR) is 128 cm³/mol. The Bertz CT molecular complexity index is 1180. The number of benzene rings is 3. The Kier molecular flexibility index (Phi) is 7.61. The average Bonchev–Trinajstić information content (AvgIpc) is 2.81. The zero-order valence-corrected chi connectivity index (χ0v) is 18.4. The number of carbonyl (C=O) groups is 1. The Hall–Kier alpha value is -4.10. The Balaban J connectivity index is 1.73. The number of esters is 1. The van der Waals surface area contributed by atoms with E-state index in [0.717, 1.165) is 11.1 Å². The van der Waals surface area contributed by atoms with Crippen molar-refractivity contribution in [1.29, 1.82) is 5.26 Å². The van der Waals surface area contributed by atoms with Crippen LogP contribution in [0.15, 0.2) is 78.9 Å². The summed E-state index contributed by atoms with van der Waals surface area (Å²) in [7, 11) is 1.57. The van der Waals surface area contributed by atoms with Crippen LogP contribution in [0.3, 0.4) is 0 Å². The molecule has 0 aliphatic carbocycles. The highest BCUT2D eigenvalue weighted by molar-refractivity contribution is 5.92. The van der Waals surface area contributed by atoms with E-state index in [1.165, 1.54) is 11.6 Å². The van der Waals surface area contributed by atoms with Crippen molar-refractivity contribution in [1.82, 2.24) is 0 Å². The summed E-state index contributed by atoms with van der Waals surface area (Å²) in [6.45, 7) is 4.28. The second-order valence-electron chi connectivity index (χ2n) is 7.52. The van der Waals surface area contributed by atoms with Crippen molar-refractivity contribution >= 4 is 23.7 Å². The molecule has 0 saturated carbocycles. The van der Waals surface area contributed by atoms with Crippen molar-refractivity contribution in [2.45, 2.75) is 19.8 Å². The van der Waals surface area contributed by atoms with E-state index in [9.17, 15) is 10.1 Å². The summed E-state index contributed by atoms with van der Waals surface area (Å²) in [6, 6.07) is 24.7. The van der Waals surface area contributed by atoms with Crippen LogP contribution in [0.4, 0.5) is 0 Å². The zero-order valence-electron chi connectivity index (χ0n) is 18.4. The highest BCUT2D eigenvalue weighted by atomic mass is 16.5. The van der Waals surface area contributed by atoms with Gasteiger partial charge in [0, 0.05) is 11.6 Å². The van der Waals surface area contributed by atoms with Crippen LogP contribution in [0, 0.1) is 11.3 Å². The smallest absolute Gasteiger partial charge is 0.336 e. The summed E-state index contributed by atoms with van der Waals surface area (Å²) in [5, 5.41) is 9.63. The summed E-state index contributed by atoms with van der Waals surface area (Å²) >= 11 is 0. The van der Waals surface area contributed by atoms with Gasteiger partial charge in [-0.1, -0.05) is 62.4 Å². The Morgan fingerprint density at radius 3 is 2.41 bits per heavy atom. The van der Waals surface area contributed by atoms with Crippen LogP contribution in [-0.4, -0.2) is 13.1 Å². The molecule has 4 heteroatoms. The molecule has 32 heavy (non-hydrogen) atoms. The number of methoxy groups -OCH3 is 1. The SMILES string of the molecule is COc1ccccc1/C(C#N)=C\c1cccc(OC(=O)/C=C/c2ccc(C(C)C)cc2)c1. The van der Waals surface area contributed by atoms with Crippen molar-refractivity contribution in [2.24, 2.45) is 0 Å². The molecule has 0 saturated heterocycles. The van der Waals surface area contributed by atoms with Crippen LogP contribution in [-0.2, 0) is 4.79 Å². The van der Waals surface area contributed by atoms with Crippen molar-refractivity contribution < 1.29 is 14.3 Å². The minimum Gasteiger partial charge on any atom is -0.496 e. The number of hydrogen-bond donors (Lipinski definition) is 0. The highest BCUT2D eigenvalue weighted by Crippen LogP contribution is 2.27.